The molecule has 56 valence electrons. The first-order chi connectivity index (χ1) is 5.45. The van der Waals surface area contributed by atoms with E-state index in [2.05, 4.69) is 4.98 Å². The smallest absolute Gasteiger partial charge is 0.0952 e. The van der Waals surface area contributed by atoms with E-state index in [1.165, 1.54) is 0 Å². The Morgan fingerprint density at radius 1 is 1.55 bits per heavy atom. The van der Waals surface area contributed by atoms with Crippen LogP contribution in [0.2, 0.25) is 0 Å². The van der Waals surface area contributed by atoms with E-state index in [1.54, 1.807) is 25.1 Å². The largest absolute Gasteiger partial charge is 0.472 e. The summed E-state index contributed by atoms with van der Waals surface area (Å²) in [6, 6.07) is 1.94. The third-order valence-electron chi connectivity index (χ3n) is 1.50. The average Bonchev–Trinajstić information content (AvgIpc) is 2.60. The minimum Gasteiger partial charge on any atom is -0.472 e. The van der Waals surface area contributed by atoms with Crippen LogP contribution >= 0.6 is 0 Å². The minimum absolute atomic E-state index is 0.830. The molecule has 11 heavy (non-hydrogen) atoms. The van der Waals surface area contributed by atoms with Gasteiger partial charge in [0.1, 0.15) is 0 Å². The quantitative estimate of drug-likeness (QED) is 0.646. The fourth-order valence-corrected chi connectivity index (χ4v) is 0.974. The Bertz CT molecular complexity index is 264. The molecule has 0 aromatic carbocycles. The third kappa shape index (κ3) is 1.32. The van der Waals surface area contributed by atoms with E-state index >= 15 is 0 Å². The van der Waals surface area contributed by atoms with Gasteiger partial charge in [-0.15, -0.1) is 0 Å². The molecule has 3 heteroatoms. The molecule has 0 fully saturated rings. The van der Waals surface area contributed by atoms with Gasteiger partial charge >= 0.3 is 0 Å². The van der Waals surface area contributed by atoms with Gasteiger partial charge in [0, 0.05) is 18.0 Å². The molecule has 0 saturated carbocycles. The Hall–Kier alpha value is -1.51. The molecule has 0 atom stereocenters. The molecule has 2 heterocycles. The molecule has 0 spiro atoms. The standard InChI is InChI=1S/C8H8N2O/c1-4-11-6-8(1)5-10-3-2-9-7-10/h1-4,6-7H,5H2. The zero-order valence-corrected chi connectivity index (χ0v) is 5.97. The van der Waals surface area contributed by atoms with Gasteiger partial charge in [-0.3, -0.25) is 0 Å². The summed E-state index contributed by atoms with van der Waals surface area (Å²) < 4.78 is 6.92. The number of furan rings is 1. The van der Waals surface area contributed by atoms with Crippen LogP contribution in [0.25, 0.3) is 0 Å². The minimum atomic E-state index is 0.830. The van der Waals surface area contributed by atoms with Crippen LogP contribution in [-0.4, -0.2) is 9.55 Å². The number of hydrogen-bond acceptors (Lipinski definition) is 2. The second-order valence-electron chi connectivity index (χ2n) is 2.37. The summed E-state index contributed by atoms with van der Waals surface area (Å²) in [6.45, 7) is 0.830. The van der Waals surface area contributed by atoms with Crippen LogP contribution in [-0.2, 0) is 6.54 Å². The number of nitrogens with zero attached hydrogens (tertiary/aromatic N) is 2. The molecular weight excluding hydrogens is 140 g/mol. The van der Waals surface area contributed by atoms with Crippen LogP contribution in [0.1, 0.15) is 5.56 Å². The molecule has 0 N–H and O–H groups in total. The highest BCUT2D eigenvalue weighted by Gasteiger charge is 1.93. The molecule has 0 aliphatic heterocycles. The number of rotatable bonds is 2. The van der Waals surface area contributed by atoms with Crippen LogP contribution in [0.4, 0.5) is 0 Å². The Balaban J connectivity index is 2.14. The molecule has 0 aliphatic rings. The SMILES string of the molecule is c1cn(Cc2ccoc2)cn1. The Morgan fingerprint density at radius 3 is 3.18 bits per heavy atom. The van der Waals surface area contributed by atoms with Gasteiger partial charge in [0.25, 0.3) is 0 Å². The summed E-state index contributed by atoms with van der Waals surface area (Å²) >= 11 is 0. The van der Waals surface area contributed by atoms with Crippen LogP contribution in [0.15, 0.2) is 41.7 Å². The summed E-state index contributed by atoms with van der Waals surface area (Å²) in [7, 11) is 0. The Kier molecular flexibility index (Phi) is 1.48. The van der Waals surface area contributed by atoms with Crippen molar-refractivity contribution in [2.24, 2.45) is 0 Å². The van der Waals surface area contributed by atoms with Gasteiger partial charge in [0.15, 0.2) is 0 Å². The first kappa shape index (κ1) is 6.22. The van der Waals surface area contributed by atoms with Crippen molar-refractivity contribution in [3.05, 3.63) is 42.9 Å². The highest BCUT2D eigenvalue weighted by molar-refractivity contribution is 5.05. The molecule has 0 unspecified atom stereocenters. The van der Waals surface area contributed by atoms with E-state index < -0.39 is 0 Å². The van der Waals surface area contributed by atoms with Crippen molar-refractivity contribution in [1.82, 2.24) is 9.55 Å². The predicted molar refractivity (Wildman–Crippen MR) is 40.0 cm³/mol. The topological polar surface area (TPSA) is 31.0 Å². The maximum Gasteiger partial charge on any atom is 0.0952 e. The lowest BCUT2D eigenvalue weighted by atomic mass is 10.3. The number of hydrogen-bond donors (Lipinski definition) is 0. The molecule has 0 saturated heterocycles. The van der Waals surface area contributed by atoms with Crippen molar-refractivity contribution in [3.8, 4) is 0 Å². The lowest BCUT2D eigenvalue weighted by molar-refractivity contribution is 0.562. The summed E-state index contributed by atoms with van der Waals surface area (Å²) in [4.78, 5) is 3.94. The maximum atomic E-state index is 4.93. The molecule has 2 aromatic rings. The molecule has 0 aliphatic carbocycles. The summed E-state index contributed by atoms with van der Waals surface area (Å²) in [5.74, 6) is 0. The molecule has 0 bridgehead atoms. The van der Waals surface area contributed by atoms with Crippen LogP contribution in [0.5, 0.6) is 0 Å². The monoisotopic (exact) mass is 148 g/mol. The van der Waals surface area contributed by atoms with E-state index in [0.29, 0.717) is 0 Å². The van der Waals surface area contributed by atoms with Gasteiger partial charge in [-0.1, -0.05) is 0 Å². The Morgan fingerprint density at radius 2 is 2.55 bits per heavy atom. The maximum absolute atomic E-state index is 4.93. The van der Waals surface area contributed by atoms with Crippen molar-refractivity contribution >= 4 is 0 Å². The van der Waals surface area contributed by atoms with Crippen LogP contribution in [0, 0.1) is 0 Å². The van der Waals surface area contributed by atoms with Gasteiger partial charge < -0.3 is 8.98 Å². The van der Waals surface area contributed by atoms with E-state index in [-0.39, 0.29) is 0 Å². The van der Waals surface area contributed by atoms with E-state index in [0.717, 1.165) is 12.1 Å². The fraction of sp³-hybridized carbons (Fsp3) is 0.125. The van der Waals surface area contributed by atoms with Gasteiger partial charge in [-0.2, -0.15) is 0 Å². The zero-order valence-electron chi connectivity index (χ0n) is 5.97. The highest BCUT2D eigenvalue weighted by atomic mass is 16.3. The van der Waals surface area contributed by atoms with Crippen molar-refractivity contribution in [1.29, 1.82) is 0 Å². The van der Waals surface area contributed by atoms with E-state index in [9.17, 15) is 0 Å². The molecule has 0 amide bonds. The number of imidazole rings is 1. The molecule has 0 radical (unpaired) electrons. The first-order valence-electron chi connectivity index (χ1n) is 3.42. The lowest BCUT2D eigenvalue weighted by Crippen LogP contribution is -1.93. The fourth-order valence-electron chi connectivity index (χ4n) is 0.974. The molecule has 3 nitrogen and oxygen atoms in total. The summed E-state index contributed by atoms with van der Waals surface area (Å²) in [5, 5.41) is 0. The molecule has 2 aromatic heterocycles. The second-order valence-corrected chi connectivity index (χ2v) is 2.37. The van der Waals surface area contributed by atoms with Crippen molar-refractivity contribution < 1.29 is 4.42 Å². The number of aromatic nitrogens is 2. The van der Waals surface area contributed by atoms with Crippen molar-refractivity contribution in [2.45, 2.75) is 6.54 Å². The average molecular weight is 148 g/mol. The van der Waals surface area contributed by atoms with Crippen molar-refractivity contribution in [2.75, 3.05) is 0 Å². The van der Waals surface area contributed by atoms with Gasteiger partial charge in [0.2, 0.25) is 0 Å². The third-order valence-corrected chi connectivity index (χ3v) is 1.50. The van der Waals surface area contributed by atoms with E-state index in [1.807, 2.05) is 16.8 Å². The van der Waals surface area contributed by atoms with Gasteiger partial charge in [-0.05, 0) is 6.07 Å². The van der Waals surface area contributed by atoms with Gasteiger partial charge in [-0.25, -0.2) is 4.98 Å². The van der Waals surface area contributed by atoms with Gasteiger partial charge in [0.05, 0.1) is 25.4 Å². The lowest BCUT2D eigenvalue weighted by Gasteiger charge is -1.95. The second kappa shape index (κ2) is 2.62. The molecule has 2 rings (SSSR count). The normalized spacial score (nSPS) is 10.2. The highest BCUT2D eigenvalue weighted by Crippen LogP contribution is 2.01. The van der Waals surface area contributed by atoms with E-state index in [4.69, 9.17) is 4.42 Å². The summed E-state index contributed by atoms with van der Waals surface area (Å²) in [5.41, 5.74) is 1.16. The zero-order chi connectivity index (χ0) is 7.52. The Labute approximate surface area is 64.3 Å². The van der Waals surface area contributed by atoms with Crippen molar-refractivity contribution in [3.63, 3.8) is 0 Å². The molecular formula is C8H8N2O. The van der Waals surface area contributed by atoms with Crippen LogP contribution in [0.3, 0.4) is 0 Å². The predicted octanol–water partition coefficient (Wildman–Crippen LogP) is 1.52. The first-order valence-corrected chi connectivity index (χ1v) is 3.42. The summed E-state index contributed by atoms with van der Waals surface area (Å²) in [6.07, 6.45) is 8.88. The van der Waals surface area contributed by atoms with Crippen LogP contribution < -0.4 is 0 Å².